The van der Waals surface area contributed by atoms with E-state index in [0.717, 1.165) is 11.4 Å². The van der Waals surface area contributed by atoms with Gasteiger partial charge in [-0.2, -0.15) is 10.4 Å². The topological polar surface area (TPSA) is 138 Å². The number of nitriles is 1. The summed E-state index contributed by atoms with van der Waals surface area (Å²) in [6, 6.07) is 3.72. The average molecular weight is 426 g/mol. The van der Waals surface area contributed by atoms with Gasteiger partial charge in [0.25, 0.3) is 0 Å². The Morgan fingerprint density at radius 3 is 2.81 bits per heavy atom. The fourth-order valence-electron chi connectivity index (χ4n) is 2.83. The molecular weight excluding hydrogens is 400 g/mol. The lowest BCUT2D eigenvalue weighted by Gasteiger charge is -2.34. The van der Waals surface area contributed by atoms with Crippen LogP contribution in [0, 0.1) is 18.3 Å². The van der Waals surface area contributed by atoms with E-state index in [1.54, 1.807) is 11.0 Å². The maximum Gasteiger partial charge on any atom is 0.410 e. The van der Waals surface area contributed by atoms with E-state index in [9.17, 15) is 4.79 Å². The Kier molecular flexibility index (Phi) is 6.81. The largest absolute Gasteiger partial charge is 0.444 e. The lowest BCUT2D eigenvalue weighted by atomic mass is 10.2. The molecule has 0 spiro atoms. The molecule has 2 aromatic heterocycles. The summed E-state index contributed by atoms with van der Waals surface area (Å²) >= 11 is 0. The van der Waals surface area contributed by atoms with E-state index < -0.39 is 5.60 Å². The molecule has 2 aromatic rings. The predicted molar refractivity (Wildman–Crippen MR) is 113 cm³/mol. The molecule has 31 heavy (non-hydrogen) atoms. The number of amides is 1. The molecule has 3 heterocycles. The first-order valence-corrected chi connectivity index (χ1v) is 9.90. The number of carbonyl (C=O) groups excluding carboxylic acids is 1. The van der Waals surface area contributed by atoms with Crippen molar-refractivity contribution in [2.75, 3.05) is 36.9 Å². The predicted octanol–water partition coefficient (Wildman–Crippen LogP) is 2.24. The summed E-state index contributed by atoms with van der Waals surface area (Å²) in [7, 11) is 0. The molecule has 11 heteroatoms. The van der Waals surface area contributed by atoms with Crippen molar-refractivity contribution in [3.05, 3.63) is 29.8 Å². The quantitative estimate of drug-likeness (QED) is 0.732. The third-order valence-corrected chi connectivity index (χ3v) is 4.31. The van der Waals surface area contributed by atoms with E-state index in [-0.39, 0.29) is 17.9 Å². The van der Waals surface area contributed by atoms with Crippen molar-refractivity contribution >= 4 is 23.4 Å². The maximum atomic E-state index is 12.3. The molecule has 0 unspecified atom stereocenters. The first-order valence-electron chi connectivity index (χ1n) is 9.90. The minimum absolute atomic E-state index is 0.186. The highest BCUT2D eigenvalue weighted by Gasteiger charge is 2.28. The summed E-state index contributed by atoms with van der Waals surface area (Å²) < 4.78 is 11.2. The number of carbonyl (C=O) groups is 1. The number of aromatic nitrogens is 4. The van der Waals surface area contributed by atoms with Crippen molar-refractivity contribution in [3.63, 3.8) is 0 Å². The Morgan fingerprint density at radius 2 is 2.13 bits per heavy atom. The van der Waals surface area contributed by atoms with Gasteiger partial charge in [0.1, 0.15) is 17.5 Å². The lowest BCUT2D eigenvalue weighted by molar-refractivity contribution is -0.0371. The van der Waals surface area contributed by atoms with Crippen molar-refractivity contribution in [2.24, 2.45) is 0 Å². The van der Waals surface area contributed by atoms with Gasteiger partial charge in [-0.1, -0.05) is 0 Å². The van der Waals surface area contributed by atoms with Crippen LogP contribution in [0.5, 0.6) is 0 Å². The molecule has 1 amide bonds. The molecule has 1 fully saturated rings. The van der Waals surface area contributed by atoms with Crippen molar-refractivity contribution < 1.29 is 14.3 Å². The number of morpholine rings is 1. The first-order chi connectivity index (χ1) is 14.7. The zero-order valence-electron chi connectivity index (χ0n) is 18.0. The van der Waals surface area contributed by atoms with Crippen LogP contribution in [-0.4, -0.2) is 69.1 Å². The molecule has 0 radical (unpaired) electrons. The molecule has 1 atom stereocenters. The molecular formula is C20H26N8O3. The Morgan fingerprint density at radius 1 is 1.32 bits per heavy atom. The molecule has 1 aliphatic heterocycles. The maximum absolute atomic E-state index is 12.3. The van der Waals surface area contributed by atoms with E-state index in [4.69, 9.17) is 14.7 Å². The van der Waals surface area contributed by atoms with Crippen molar-refractivity contribution in [1.29, 1.82) is 5.26 Å². The van der Waals surface area contributed by atoms with E-state index >= 15 is 0 Å². The van der Waals surface area contributed by atoms with Gasteiger partial charge in [0.2, 0.25) is 0 Å². The zero-order chi connectivity index (χ0) is 22.4. The summed E-state index contributed by atoms with van der Waals surface area (Å²) in [5.74, 6) is 0.929. The van der Waals surface area contributed by atoms with E-state index in [2.05, 4.69) is 30.8 Å². The molecule has 164 valence electrons. The number of nitrogens with zero attached hydrogens (tertiary/aromatic N) is 6. The standard InChI is InChI=1S/C20H26N8O3/c1-13-16(7-17(27-26-13)25-18-11-22-14(8-21)9-24-18)23-10-15-12-28(5-6-30-15)19(29)31-20(2,3)4/h7,9,11,15H,5-6,10,12H2,1-4H3,(H2,23,24,25,27)/t15-/m0/s1. The van der Waals surface area contributed by atoms with Gasteiger partial charge < -0.3 is 25.0 Å². The lowest BCUT2D eigenvalue weighted by Crippen LogP contribution is -2.49. The zero-order valence-corrected chi connectivity index (χ0v) is 18.0. The molecule has 0 saturated carbocycles. The highest BCUT2D eigenvalue weighted by Crippen LogP contribution is 2.19. The molecule has 0 aliphatic carbocycles. The van der Waals surface area contributed by atoms with Crippen molar-refractivity contribution in [1.82, 2.24) is 25.1 Å². The van der Waals surface area contributed by atoms with Crippen LogP contribution in [0.25, 0.3) is 0 Å². The first kappa shape index (κ1) is 22.2. The molecule has 1 aliphatic rings. The highest BCUT2D eigenvalue weighted by molar-refractivity contribution is 5.68. The molecule has 1 saturated heterocycles. The van der Waals surface area contributed by atoms with Crippen LogP contribution in [-0.2, 0) is 9.47 Å². The second kappa shape index (κ2) is 9.53. The van der Waals surface area contributed by atoms with Crippen LogP contribution < -0.4 is 10.6 Å². The van der Waals surface area contributed by atoms with Gasteiger partial charge in [-0.15, -0.1) is 5.10 Å². The molecule has 0 aromatic carbocycles. The number of rotatable bonds is 5. The SMILES string of the molecule is Cc1nnc(Nc2cnc(C#N)cn2)cc1NC[C@H]1CN(C(=O)OC(C)(C)C)CCO1. The summed E-state index contributed by atoms with van der Waals surface area (Å²) in [4.78, 5) is 22.1. The number of anilines is 3. The van der Waals surface area contributed by atoms with Crippen LogP contribution >= 0.6 is 0 Å². The fraction of sp³-hybridized carbons (Fsp3) is 0.500. The van der Waals surface area contributed by atoms with E-state index in [0.29, 0.717) is 37.9 Å². The Bertz CT molecular complexity index is 952. The van der Waals surface area contributed by atoms with Gasteiger partial charge in [0.05, 0.1) is 43.0 Å². The van der Waals surface area contributed by atoms with Crippen LogP contribution in [0.1, 0.15) is 32.2 Å². The number of ether oxygens (including phenoxy) is 2. The Balaban J connectivity index is 1.58. The van der Waals surface area contributed by atoms with Crippen molar-refractivity contribution in [2.45, 2.75) is 39.4 Å². The number of hydrogen-bond acceptors (Lipinski definition) is 10. The molecule has 3 rings (SSSR count). The minimum atomic E-state index is -0.536. The van der Waals surface area contributed by atoms with Crippen molar-refractivity contribution in [3.8, 4) is 6.07 Å². The second-order valence-electron chi connectivity index (χ2n) is 8.05. The fourth-order valence-corrected chi connectivity index (χ4v) is 2.83. The Hall–Kier alpha value is -3.52. The number of aryl methyl sites for hydroxylation is 1. The van der Waals surface area contributed by atoms with Crippen LogP contribution in [0.4, 0.5) is 22.1 Å². The summed E-state index contributed by atoms with van der Waals surface area (Å²) in [5.41, 5.74) is 1.19. The Labute approximate surface area is 180 Å². The van der Waals surface area contributed by atoms with E-state index in [1.165, 1.54) is 12.4 Å². The van der Waals surface area contributed by atoms with E-state index in [1.807, 2.05) is 33.8 Å². The summed E-state index contributed by atoms with van der Waals surface area (Å²) in [6.07, 6.45) is 2.31. The van der Waals surface area contributed by atoms with Crippen LogP contribution in [0.2, 0.25) is 0 Å². The van der Waals surface area contributed by atoms with Crippen LogP contribution in [0.15, 0.2) is 18.5 Å². The van der Waals surface area contributed by atoms with Gasteiger partial charge in [-0.25, -0.2) is 14.8 Å². The number of nitrogens with one attached hydrogen (secondary N) is 2. The van der Waals surface area contributed by atoms with Crippen LogP contribution in [0.3, 0.4) is 0 Å². The van der Waals surface area contributed by atoms with Gasteiger partial charge >= 0.3 is 6.09 Å². The minimum Gasteiger partial charge on any atom is -0.444 e. The summed E-state index contributed by atoms with van der Waals surface area (Å²) in [5, 5.41) is 23.4. The summed E-state index contributed by atoms with van der Waals surface area (Å²) in [6.45, 7) is 9.25. The normalized spacial score (nSPS) is 16.4. The third-order valence-electron chi connectivity index (χ3n) is 4.31. The third kappa shape index (κ3) is 6.48. The van der Waals surface area contributed by atoms with Gasteiger partial charge in [-0.05, 0) is 27.7 Å². The monoisotopic (exact) mass is 426 g/mol. The molecule has 2 N–H and O–H groups in total. The average Bonchev–Trinajstić information content (AvgIpc) is 2.73. The van der Waals surface area contributed by atoms with Gasteiger partial charge in [0.15, 0.2) is 11.5 Å². The number of hydrogen-bond donors (Lipinski definition) is 2. The van der Waals surface area contributed by atoms with Gasteiger partial charge in [0, 0.05) is 19.2 Å². The highest BCUT2D eigenvalue weighted by atomic mass is 16.6. The molecule has 0 bridgehead atoms. The van der Waals surface area contributed by atoms with Gasteiger partial charge in [-0.3, -0.25) is 0 Å². The second-order valence-corrected chi connectivity index (χ2v) is 8.05. The molecule has 11 nitrogen and oxygen atoms in total. The smallest absolute Gasteiger partial charge is 0.410 e.